The molecule has 170 valence electrons. The fourth-order valence-corrected chi connectivity index (χ4v) is 5.62. The topological polar surface area (TPSA) is 44.8 Å². The monoisotopic (exact) mass is 433 g/mol. The molecule has 3 aliphatic heterocycles. The van der Waals surface area contributed by atoms with Crippen LogP contribution >= 0.6 is 0 Å². The van der Waals surface area contributed by atoms with Crippen molar-refractivity contribution >= 4 is 6.03 Å². The molecule has 0 aliphatic carbocycles. The molecule has 1 spiro atoms. The van der Waals surface area contributed by atoms with Crippen molar-refractivity contribution in [1.29, 1.82) is 0 Å². The lowest BCUT2D eigenvalue weighted by molar-refractivity contribution is -0.0916. The number of likely N-dealkylation sites (tertiary alicyclic amines) is 2. The summed E-state index contributed by atoms with van der Waals surface area (Å²) in [5, 5.41) is 3.14. The van der Waals surface area contributed by atoms with Crippen LogP contribution < -0.4 is 5.32 Å². The Kier molecular flexibility index (Phi) is 6.47. The Bertz CT molecular complexity index is 902. The lowest BCUT2D eigenvalue weighted by Crippen LogP contribution is -2.49. The molecule has 2 saturated heterocycles. The van der Waals surface area contributed by atoms with Crippen molar-refractivity contribution in [3.05, 3.63) is 71.3 Å². The number of carbonyl (C=O) groups excluding carboxylic acids is 1. The number of nitrogens with one attached hydrogen (secondary N) is 1. The minimum absolute atomic E-state index is 0.0254. The number of urea groups is 1. The SMILES string of the molecule is O=C(NCCCN1CCCCC1)N1CCC2(CC1)OC(c1ccccc1)c1ccccc12. The van der Waals surface area contributed by atoms with E-state index in [-0.39, 0.29) is 17.7 Å². The van der Waals surface area contributed by atoms with Crippen LogP contribution in [0.25, 0.3) is 0 Å². The van der Waals surface area contributed by atoms with Gasteiger partial charge in [-0.15, -0.1) is 0 Å². The third-order valence-electron chi connectivity index (χ3n) is 7.41. The molecule has 3 aliphatic rings. The van der Waals surface area contributed by atoms with Gasteiger partial charge in [-0.1, -0.05) is 61.0 Å². The number of rotatable bonds is 5. The van der Waals surface area contributed by atoms with Crippen LogP contribution in [0.5, 0.6) is 0 Å². The molecule has 5 rings (SSSR count). The molecule has 1 atom stereocenters. The number of amides is 2. The standard InChI is InChI=1S/C27H35N3O2/c31-26(28-16-9-19-29-17-7-2-8-18-29)30-20-14-27(15-21-30)24-13-6-5-12-23(24)25(32-27)22-10-3-1-4-11-22/h1,3-6,10-13,25H,2,7-9,14-21H2,(H,28,31). The van der Waals surface area contributed by atoms with Gasteiger partial charge in [0.15, 0.2) is 0 Å². The van der Waals surface area contributed by atoms with E-state index in [9.17, 15) is 4.79 Å². The van der Waals surface area contributed by atoms with E-state index in [0.29, 0.717) is 0 Å². The van der Waals surface area contributed by atoms with E-state index in [4.69, 9.17) is 4.74 Å². The zero-order valence-electron chi connectivity index (χ0n) is 19.0. The van der Waals surface area contributed by atoms with E-state index in [0.717, 1.165) is 45.4 Å². The lowest BCUT2D eigenvalue weighted by atomic mass is 9.83. The van der Waals surface area contributed by atoms with Crippen LogP contribution in [-0.4, -0.2) is 55.1 Å². The van der Waals surface area contributed by atoms with E-state index in [1.807, 2.05) is 11.0 Å². The maximum Gasteiger partial charge on any atom is 0.317 e. The van der Waals surface area contributed by atoms with Crippen molar-refractivity contribution in [3.8, 4) is 0 Å². The summed E-state index contributed by atoms with van der Waals surface area (Å²) in [6.07, 6.45) is 6.69. The molecule has 2 aromatic rings. The van der Waals surface area contributed by atoms with Gasteiger partial charge in [-0.3, -0.25) is 0 Å². The van der Waals surface area contributed by atoms with Gasteiger partial charge in [0.2, 0.25) is 0 Å². The first-order valence-corrected chi connectivity index (χ1v) is 12.3. The second-order valence-corrected chi connectivity index (χ2v) is 9.46. The summed E-state index contributed by atoms with van der Waals surface area (Å²) in [6, 6.07) is 19.2. The van der Waals surface area contributed by atoms with Gasteiger partial charge in [0, 0.05) is 19.6 Å². The van der Waals surface area contributed by atoms with Crippen LogP contribution in [0.15, 0.2) is 54.6 Å². The molecule has 2 fully saturated rings. The summed E-state index contributed by atoms with van der Waals surface area (Å²) in [5.74, 6) is 0. The molecule has 3 heterocycles. The number of hydrogen-bond acceptors (Lipinski definition) is 3. The van der Waals surface area contributed by atoms with Crippen LogP contribution in [0.2, 0.25) is 0 Å². The molecule has 0 saturated carbocycles. The van der Waals surface area contributed by atoms with E-state index >= 15 is 0 Å². The first-order valence-electron chi connectivity index (χ1n) is 12.3. The minimum atomic E-state index is -0.290. The number of piperidine rings is 2. The number of benzene rings is 2. The molecule has 1 unspecified atom stereocenters. The largest absolute Gasteiger partial charge is 0.357 e. The number of fused-ring (bicyclic) bond motifs is 2. The Morgan fingerprint density at radius 1 is 0.938 bits per heavy atom. The van der Waals surface area contributed by atoms with Gasteiger partial charge in [-0.25, -0.2) is 4.79 Å². The highest BCUT2D eigenvalue weighted by Gasteiger charge is 2.47. The summed E-state index contributed by atoms with van der Waals surface area (Å²) in [7, 11) is 0. The zero-order chi connectivity index (χ0) is 21.8. The van der Waals surface area contributed by atoms with Gasteiger partial charge in [0.25, 0.3) is 0 Å². The molecule has 0 bridgehead atoms. The summed E-state index contributed by atoms with van der Waals surface area (Å²) >= 11 is 0. The number of ether oxygens (including phenoxy) is 1. The Balaban J connectivity index is 1.16. The Morgan fingerprint density at radius 2 is 1.66 bits per heavy atom. The fourth-order valence-electron chi connectivity index (χ4n) is 5.62. The summed E-state index contributed by atoms with van der Waals surface area (Å²) in [6.45, 7) is 5.74. The zero-order valence-corrected chi connectivity index (χ0v) is 19.0. The van der Waals surface area contributed by atoms with Gasteiger partial charge in [-0.05, 0) is 68.4 Å². The summed E-state index contributed by atoms with van der Waals surface area (Å²) in [5.41, 5.74) is 3.48. The van der Waals surface area contributed by atoms with Crippen LogP contribution in [0.4, 0.5) is 4.79 Å². The van der Waals surface area contributed by atoms with Crippen molar-refractivity contribution in [2.24, 2.45) is 0 Å². The average molecular weight is 434 g/mol. The first kappa shape index (κ1) is 21.5. The van der Waals surface area contributed by atoms with E-state index in [1.165, 1.54) is 49.0 Å². The van der Waals surface area contributed by atoms with Crippen LogP contribution in [0.1, 0.15) is 61.3 Å². The highest BCUT2D eigenvalue weighted by atomic mass is 16.5. The Hall–Kier alpha value is -2.37. The van der Waals surface area contributed by atoms with Gasteiger partial charge < -0.3 is 19.9 Å². The van der Waals surface area contributed by atoms with Crippen molar-refractivity contribution in [2.75, 3.05) is 39.3 Å². The molecular formula is C27H35N3O2. The predicted octanol–water partition coefficient (Wildman–Crippen LogP) is 4.68. The van der Waals surface area contributed by atoms with Crippen molar-refractivity contribution in [1.82, 2.24) is 15.1 Å². The second-order valence-electron chi connectivity index (χ2n) is 9.46. The fraction of sp³-hybridized carbons (Fsp3) is 0.519. The lowest BCUT2D eigenvalue weighted by Gasteiger charge is -2.39. The Labute approximate surface area is 191 Å². The van der Waals surface area contributed by atoms with Crippen LogP contribution in [-0.2, 0) is 10.3 Å². The molecular weight excluding hydrogens is 398 g/mol. The third-order valence-corrected chi connectivity index (χ3v) is 7.41. The van der Waals surface area contributed by atoms with Crippen molar-refractivity contribution in [2.45, 2.75) is 50.2 Å². The second kappa shape index (κ2) is 9.63. The molecule has 5 nitrogen and oxygen atoms in total. The highest BCUT2D eigenvalue weighted by Crippen LogP contribution is 2.51. The molecule has 32 heavy (non-hydrogen) atoms. The smallest absolute Gasteiger partial charge is 0.317 e. The quantitative estimate of drug-likeness (QED) is 0.696. The maximum atomic E-state index is 12.7. The summed E-state index contributed by atoms with van der Waals surface area (Å²) in [4.78, 5) is 17.2. The molecule has 2 amide bonds. The summed E-state index contributed by atoms with van der Waals surface area (Å²) < 4.78 is 6.78. The average Bonchev–Trinajstić information content (AvgIpc) is 3.17. The molecule has 1 N–H and O–H groups in total. The maximum absolute atomic E-state index is 12.7. The van der Waals surface area contributed by atoms with Gasteiger partial charge >= 0.3 is 6.03 Å². The molecule has 0 aromatic heterocycles. The minimum Gasteiger partial charge on any atom is -0.357 e. The van der Waals surface area contributed by atoms with Gasteiger partial charge in [0.1, 0.15) is 6.10 Å². The van der Waals surface area contributed by atoms with Gasteiger partial charge in [-0.2, -0.15) is 0 Å². The highest BCUT2D eigenvalue weighted by molar-refractivity contribution is 5.74. The molecule has 5 heteroatoms. The van der Waals surface area contributed by atoms with Crippen LogP contribution in [0, 0.1) is 0 Å². The first-order chi connectivity index (χ1) is 15.8. The normalized spacial score (nSPS) is 22.6. The van der Waals surface area contributed by atoms with Crippen LogP contribution in [0.3, 0.4) is 0 Å². The Morgan fingerprint density at radius 3 is 2.44 bits per heavy atom. The number of nitrogens with zero attached hydrogens (tertiary/aromatic N) is 2. The predicted molar refractivity (Wildman–Crippen MR) is 127 cm³/mol. The number of carbonyl (C=O) groups is 1. The van der Waals surface area contributed by atoms with E-state index in [2.05, 4.69) is 58.7 Å². The van der Waals surface area contributed by atoms with Crippen molar-refractivity contribution in [3.63, 3.8) is 0 Å². The van der Waals surface area contributed by atoms with E-state index < -0.39 is 0 Å². The number of hydrogen-bond donors (Lipinski definition) is 1. The van der Waals surface area contributed by atoms with Crippen molar-refractivity contribution < 1.29 is 9.53 Å². The van der Waals surface area contributed by atoms with Gasteiger partial charge in [0.05, 0.1) is 5.60 Å². The van der Waals surface area contributed by atoms with E-state index in [1.54, 1.807) is 0 Å². The molecule has 0 radical (unpaired) electrons. The molecule has 2 aromatic carbocycles. The third kappa shape index (κ3) is 4.41.